The molecule has 0 amide bonds. The lowest BCUT2D eigenvalue weighted by Crippen LogP contribution is -2.26. The molecular weight excluding hydrogens is 306 g/mol. The van der Waals surface area contributed by atoms with E-state index in [1.165, 1.54) is 55.9 Å². The van der Waals surface area contributed by atoms with Crippen molar-refractivity contribution in [2.45, 2.75) is 54.9 Å². The molecule has 3 heteroatoms. The van der Waals surface area contributed by atoms with Gasteiger partial charge in [0, 0.05) is 16.7 Å². The molecule has 2 atom stereocenters. The van der Waals surface area contributed by atoms with E-state index >= 15 is 0 Å². The van der Waals surface area contributed by atoms with E-state index in [9.17, 15) is 0 Å². The topological polar surface area (TPSA) is 3.24 Å². The molecule has 0 bridgehead atoms. The van der Waals surface area contributed by atoms with E-state index in [2.05, 4.69) is 53.7 Å². The molecule has 1 nitrogen and oxygen atoms in total. The first kappa shape index (κ1) is 15.4. The zero-order chi connectivity index (χ0) is 14.9. The SMILES string of the molecule is CN1CCC[C@@H]1CC1CSc2ccc(C3CCSCC3)cc21. The first-order valence-corrected chi connectivity index (χ1v) is 11.0. The average Bonchev–Trinajstić information content (AvgIpc) is 3.15. The molecule has 1 aromatic carbocycles. The highest BCUT2D eigenvalue weighted by Crippen LogP contribution is 2.45. The maximum absolute atomic E-state index is 2.59. The number of likely N-dealkylation sites (tertiary alicyclic amines) is 1. The summed E-state index contributed by atoms with van der Waals surface area (Å²) in [4.78, 5) is 4.16. The zero-order valence-electron chi connectivity index (χ0n) is 13.6. The van der Waals surface area contributed by atoms with E-state index in [1.54, 1.807) is 16.0 Å². The molecule has 2 saturated heterocycles. The van der Waals surface area contributed by atoms with Crippen LogP contribution in [0, 0.1) is 0 Å². The third-order valence-electron chi connectivity index (χ3n) is 5.83. The maximum Gasteiger partial charge on any atom is 0.0108 e. The van der Waals surface area contributed by atoms with Crippen LogP contribution in [0.15, 0.2) is 23.1 Å². The van der Waals surface area contributed by atoms with Gasteiger partial charge in [0.2, 0.25) is 0 Å². The number of thioether (sulfide) groups is 2. The predicted molar refractivity (Wildman–Crippen MR) is 99.5 cm³/mol. The molecule has 2 fully saturated rings. The highest BCUT2D eigenvalue weighted by Gasteiger charge is 2.30. The van der Waals surface area contributed by atoms with Crippen molar-refractivity contribution in [1.29, 1.82) is 0 Å². The molecule has 1 unspecified atom stereocenters. The molecule has 0 N–H and O–H groups in total. The second kappa shape index (κ2) is 6.78. The van der Waals surface area contributed by atoms with Crippen molar-refractivity contribution in [3.05, 3.63) is 29.3 Å². The van der Waals surface area contributed by atoms with Gasteiger partial charge in [-0.3, -0.25) is 0 Å². The molecule has 3 aliphatic rings. The van der Waals surface area contributed by atoms with Gasteiger partial charge in [0.1, 0.15) is 0 Å². The number of rotatable bonds is 3. The highest BCUT2D eigenvalue weighted by molar-refractivity contribution is 7.99. The van der Waals surface area contributed by atoms with Crippen LogP contribution < -0.4 is 0 Å². The van der Waals surface area contributed by atoms with Crippen LogP contribution in [0.25, 0.3) is 0 Å². The molecule has 3 heterocycles. The van der Waals surface area contributed by atoms with Crippen LogP contribution in [-0.4, -0.2) is 41.8 Å². The van der Waals surface area contributed by atoms with Crippen LogP contribution in [0.3, 0.4) is 0 Å². The van der Waals surface area contributed by atoms with Gasteiger partial charge in [0.15, 0.2) is 0 Å². The molecule has 4 rings (SSSR count). The largest absolute Gasteiger partial charge is 0.303 e. The van der Waals surface area contributed by atoms with E-state index in [4.69, 9.17) is 0 Å². The Balaban J connectivity index is 1.52. The Kier molecular flexibility index (Phi) is 4.75. The third-order valence-corrected chi connectivity index (χ3v) is 8.14. The van der Waals surface area contributed by atoms with Crippen LogP contribution in [0.4, 0.5) is 0 Å². The fourth-order valence-electron chi connectivity index (χ4n) is 4.38. The summed E-state index contributed by atoms with van der Waals surface area (Å²) in [6.45, 7) is 1.30. The first-order chi connectivity index (χ1) is 10.8. The molecule has 3 aliphatic heterocycles. The summed E-state index contributed by atoms with van der Waals surface area (Å²) >= 11 is 4.22. The summed E-state index contributed by atoms with van der Waals surface area (Å²) < 4.78 is 0. The Labute approximate surface area is 143 Å². The van der Waals surface area contributed by atoms with Gasteiger partial charge in [-0.15, -0.1) is 11.8 Å². The lowest BCUT2D eigenvalue weighted by molar-refractivity contribution is 0.286. The minimum absolute atomic E-state index is 0.795. The summed E-state index contributed by atoms with van der Waals surface area (Å²) in [5.74, 6) is 5.64. The fraction of sp³-hybridized carbons (Fsp3) is 0.684. The van der Waals surface area contributed by atoms with Crippen molar-refractivity contribution >= 4 is 23.5 Å². The summed E-state index contributed by atoms with van der Waals surface area (Å²) in [7, 11) is 2.32. The minimum Gasteiger partial charge on any atom is -0.303 e. The number of fused-ring (bicyclic) bond motifs is 1. The number of hydrogen-bond donors (Lipinski definition) is 0. The first-order valence-electron chi connectivity index (χ1n) is 8.86. The standard InChI is InChI=1S/C19H27NS2/c1-20-8-2-3-17(20)11-16-13-22-19-5-4-15(12-18(16)19)14-6-9-21-10-7-14/h4-5,12,14,16-17H,2-3,6-11,13H2,1H3/t16?,17-/m1/s1. The summed E-state index contributed by atoms with van der Waals surface area (Å²) in [5.41, 5.74) is 3.31. The van der Waals surface area contributed by atoms with Crippen LogP contribution in [-0.2, 0) is 0 Å². The van der Waals surface area contributed by atoms with Gasteiger partial charge in [0.25, 0.3) is 0 Å². The van der Waals surface area contributed by atoms with Crippen LogP contribution in [0.2, 0.25) is 0 Å². The van der Waals surface area contributed by atoms with Crippen molar-refractivity contribution < 1.29 is 0 Å². The molecule has 0 saturated carbocycles. The van der Waals surface area contributed by atoms with E-state index in [1.807, 2.05) is 0 Å². The quantitative estimate of drug-likeness (QED) is 0.769. The van der Waals surface area contributed by atoms with Crippen LogP contribution >= 0.6 is 23.5 Å². The van der Waals surface area contributed by atoms with E-state index in [-0.39, 0.29) is 0 Å². The van der Waals surface area contributed by atoms with Gasteiger partial charge in [-0.05, 0) is 86.2 Å². The molecular formula is C19H27NS2. The Bertz CT molecular complexity index is 524. The molecule has 22 heavy (non-hydrogen) atoms. The maximum atomic E-state index is 2.59. The Morgan fingerprint density at radius 2 is 2.05 bits per heavy atom. The lowest BCUT2D eigenvalue weighted by Gasteiger charge is -2.25. The van der Waals surface area contributed by atoms with Crippen molar-refractivity contribution in [2.24, 2.45) is 0 Å². The van der Waals surface area contributed by atoms with Gasteiger partial charge < -0.3 is 4.90 Å². The van der Waals surface area contributed by atoms with Crippen molar-refractivity contribution in [2.75, 3.05) is 30.9 Å². The van der Waals surface area contributed by atoms with Gasteiger partial charge in [0.05, 0.1) is 0 Å². The summed E-state index contributed by atoms with van der Waals surface area (Å²) in [5, 5.41) is 0. The zero-order valence-corrected chi connectivity index (χ0v) is 15.2. The lowest BCUT2D eigenvalue weighted by atomic mass is 9.87. The third kappa shape index (κ3) is 3.09. The number of hydrogen-bond acceptors (Lipinski definition) is 3. The van der Waals surface area contributed by atoms with E-state index in [0.717, 1.165) is 17.9 Å². The minimum atomic E-state index is 0.795. The molecule has 0 aromatic heterocycles. The fourth-order valence-corrected chi connectivity index (χ4v) is 6.74. The smallest absolute Gasteiger partial charge is 0.0108 e. The highest BCUT2D eigenvalue weighted by atomic mass is 32.2. The molecule has 1 aromatic rings. The Morgan fingerprint density at radius 3 is 2.82 bits per heavy atom. The second-order valence-corrected chi connectivity index (χ2v) is 9.49. The summed E-state index contributed by atoms with van der Waals surface area (Å²) in [6, 6.07) is 8.27. The molecule has 0 radical (unpaired) electrons. The molecule has 120 valence electrons. The van der Waals surface area contributed by atoms with E-state index < -0.39 is 0 Å². The van der Waals surface area contributed by atoms with Crippen molar-refractivity contribution in [1.82, 2.24) is 4.90 Å². The van der Waals surface area contributed by atoms with E-state index in [0.29, 0.717) is 0 Å². The molecule has 0 aliphatic carbocycles. The van der Waals surface area contributed by atoms with Crippen molar-refractivity contribution in [3.63, 3.8) is 0 Å². The van der Waals surface area contributed by atoms with Crippen molar-refractivity contribution in [3.8, 4) is 0 Å². The van der Waals surface area contributed by atoms with Gasteiger partial charge in [-0.25, -0.2) is 0 Å². The Hall–Kier alpha value is -0.120. The van der Waals surface area contributed by atoms with Gasteiger partial charge in [-0.1, -0.05) is 12.1 Å². The summed E-state index contributed by atoms with van der Waals surface area (Å²) in [6.07, 6.45) is 6.94. The second-order valence-electron chi connectivity index (χ2n) is 7.20. The van der Waals surface area contributed by atoms with Crippen LogP contribution in [0.1, 0.15) is 55.1 Å². The molecule has 0 spiro atoms. The number of nitrogens with zero attached hydrogens (tertiary/aromatic N) is 1. The average molecular weight is 334 g/mol. The monoisotopic (exact) mass is 333 g/mol. The predicted octanol–water partition coefficient (Wildman–Crippen LogP) is 4.97. The Morgan fingerprint density at radius 1 is 1.18 bits per heavy atom. The number of benzene rings is 1. The van der Waals surface area contributed by atoms with Gasteiger partial charge in [-0.2, -0.15) is 11.8 Å². The van der Waals surface area contributed by atoms with Crippen LogP contribution in [0.5, 0.6) is 0 Å². The van der Waals surface area contributed by atoms with Gasteiger partial charge >= 0.3 is 0 Å². The normalized spacial score (nSPS) is 29.9.